The fourth-order valence-electron chi connectivity index (χ4n) is 1.48. The number of hydrogen-bond acceptors (Lipinski definition) is 2. The highest BCUT2D eigenvalue weighted by Gasteiger charge is 2.10. The van der Waals surface area contributed by atoms with Crippen molar-refractivity contribution >= 4 is 5.82 Å². The molecule has 0 bridgehead atoms. The molecule has 0 N–H and O–H groups in total. The van der Waals surface area contributed by atoms with E-state index >= 15 is 0 Å². The molecule has 0 aliphatic carbocycles. The molecule has 0 saturated carbocycles. The molecule has 1 aromatic carbocycles. The number of benzene rings is 1. The van der Waals surface area contributed by atoms with Crippen molar-refractivity contribution in [1.29, 1.82) is 0 Å². The summed E-state index contributed by atoms with van der Waals surface area (Å²) in [5.74, 6) is 0.124. The molecule has 0 saturated heterocycles. The fraction of sp³-hybridized carbons (Fsp3) is 0.0909. The number of nitro groups is 1. The Kier molecular flexibility index (Phi) is 2.49. The second-order valence-electron chi connectivity index (χ2n) is 3.24. The van der Waals surface area contributed by atoms with Crippen LogP contribution >= 0.6 is 0 Å². The van der Waals surface area contributed by atoms with Crippen LogP contribution in [0.2, 0.25) is 0 Å². The van der Waals surface area contributed by atoms with E-state index in [2.05, 4.69) is 0 Å². The zero-order chi connectivity index (χ0) is 10.7. The average Bonchev–Trinajstić information content (AvgIpc) is 2.67. The third-order valence-corrected chi connectivity index (χ3v) is 2.19. The van der Waals surface area contributed by atoms with Crippen LogP contribution < -0.4 is 0 Å². The first-order valence-corrected chi connectivity index (χ1v) is 4.61. The molecule has 0 aliphatic rings. The number of aromatic nitrogens is 1. The van der Waals surface area contributed by atoms with Crippen LogP contribution in [0, 0.1) is 10.1 Å². The summed E-state index contributed by atoms with van der Waals surface area (Å²) in [5.41, 5.74) is 1.05. The van der Waals surface area contributed by atoms with Gasteiger partial charge in [0, 0.05) is 6.07 Å². The van der Waals surface area contributed by atoms with Crippen molar-refractivity contribution in [3.63, 3.8) is 0 Å². The zero-order valence-corrected chi connectivity index (χ0v) is 8.04. The van der Waals surface area contributed by atoms with E-state index < -0.39 is 0 Å². The van der Waals surface area contributed by atoms with Gasteiger partial charge in [0.2, 0.25) is 0 Å². The van der Waals surface area contributed by atoms with Crippen molar-refractivity contribution in [2.75, 3.05) is 0 Å². The summed E-state index contributed by atoms with van der Waals surface area (Å²) < 4.78 is 1.62. The molecule has 0 amide bonds. The zero-order valence-electron chi connectivity index (χ0n) is 8.04. The first kappa shape index (κ1) is 9.45. The Bertz CT molecular complexity index is 462. The highest BCUT2D eigenvalue weighted by Crippen LogP contribution is 2.14. The summed E-state index contributed by atoms with van der Waals surface area (Å²) in [6.07, 6.45) is 1.71. The van der Waals surface area contributed by atoms with Gasteiger partial charge in [0.1, 0.15) is 6.54 Å². The summed E-state index contributed by atoms with van der Waals surface area (Å²) in [5, 5.41) is 10.7. The lowest BCUT2D eigenvalue weighted by Crippen LogP contribution is -2.02. The number of rotatable bonds is 3. The summed E-state index contributed by atoms with van der Waals surface area (Å²) in [6, 6.07) is 12.8. The molecule has 1 heterocycles. The van der Waals surface area contributed by atoms with Crippen LogP contribution in [0.25, 0.3) is 0 Å². The first-order chi connectivity index (χ1) is 7.27. The van der Waals surface area contributed by atoms with Gasteiger partial charge in [-0.3, -0.25) is 0 Å². The smallest absolute Gasteiger partial charge is 0.323 e. The van der Waals surface area contributed by atoms with E-state index in [0.717, 1.165) is 5.56 Å². The summed E-state index contributed by atoms with van der Waals surface area (Å²) >= 11 is 0. The standard InChI is InChI=1S/C11H10N2O2/c14-13(15)11-7-4-8-12(11)9-10-5-2-1-3-6-10/h1-8H,9H2. The van der Waals surface area contributed by atoms with Crippen molar-refractivity contribution in [3.8, 4) is 0 Å². The highest BCUT2D eigenvalue weighted by atomic mass is 16.6. The molecule has 76 valence electrons. The summed E-state index contributed by atoms with van der Waals surface area (Å²) in [4.78, 5) is 10.3. The minimum atomic E-state index is -0.372. The van der Waals surface area contributed by atoms with E-state index in [1.807, 2.05) is 30.3 Å². The first-order valence-electron chi connectivity index (χ1n) is 4.61. The quantitative estimate of drug-likeness (QED) is 0.567. The molecule has 0 radical (unpaired) electrons. The van der Waals surface area contributed by atoms with Gasteiger partial charge in [0.05, 0.1) is 6.20 Å². The van der Waals surface area contributed by atoms with Crippen molar-refractivity contribution in [3.05, 3.63) is 64.3 Å². The van der Waals surface area contributed by atoms with E-state index in [4.69, 9.17) is 0 Å². The lowest BCUT2D eigenvalue weighted by atomic mass is 10.2. The Morgan fingerprint density at radius 1 is 1.13 bits per heavy atom. The number of nitrogens with zero attached hydrogens (tertiary/aromatic N) is 2. The minimum Gasteiger partial charge on any atom is -0.358 e. The molecule has 0 atom stereocenters. The largest absolute Gasteiger partial charge is 0.358 e. The van der Waals surface area contributed by atoms with E-state index in [-0.39, 0.29) is 10.7 Å². The van der Waals surface area contributed by atoms with Gasteiger partial charge in [-0.05, 0) is 16.6 Å². The molecule has 0 unspecified atom stereocenters. The van der Waals surface area contributed by atoms with Crippen LogP contribution in [0.3, 0.4) is 0 Å². The van der Waals surface area contributed by atoms with Crippen molar-refractivity contribution < 1.29 is 4.92 Å². The van der Waals surface area contributed by atoms with Crippen LogP contribution in [0.15, 0.2) is 48.7 Å². The predicted octanol–water partition coefficient (Wildman–Crippen LogP) is 2.44. The van der Waals surface area contributed by atoms with Crippen molar-refractivity contribution in [1.82, 2.24) is 4.57 Å². The molecule has 4 nitrogen and oxygen atoms in total. The molecule has 4 heteroatoms. The van der Waals surface area contributed by atoms with E-state index in [0.29, 0.717) is 6.54 Å². The third kappa shape index (κ3) is 2.04. The topological polar surface area (TPSA) is 48.1 Å². The van der Waals surface area contributed by atoms with E-state index in [1.54, 1.807) is 16.8 Å². The molecular formula is C11H10N2O2. The normalized spacial score (nSPS) is 10.1. The van der Waals surface area contributed by atoms with Gasteiger partial charge in [0.15, 0.2) is 0 Å². The van der Waals surface area contributed by atoms with Crippen LogP contribution in [0.5, 0.6) is 0 Å². The Hall–Kier alpha value is -2.10. The highest BCUT2D eigenvalue weighted by molar-refractivity contribution is 5.24. The third-order valence-electron chi connectivity index (χ3n) is 2.19. The Morgan fingerprint density at radius 2 is 1.87 bits per heavy atom. The van der Waals surface area contributed by atoms with Gasteiger partial charge in [-0.1, -0.05) is 30.3 Å². The monoisotopic (exact) mass is 202 g/mol. The minimum absolute atomic E-state index is 0.124. The van der Waals surface area contributed by atoms with Gasteiger partial charge >= 0.3 is 5.82 Å². The lowest BCUT2D eigenvalue weighted by Gasteiger charge is -2.01. The maximum atomic E-state index is 10.7. The second-order valence-corrected chi connectivity index (χ2v) is 3.24. The molecular weight excluding hydrogens is 192 g/mol. The lowest BCUT2D eigenvalue weighted by molar-refractivity contribution is -0.391. The fourth-order valence-corrected chi connectivity index (χ4v) is 1.48. The maximum absolute atomic E-state index is 10.7. The SMILES string of the molecule is O=[N+]([O-])c1cccn1Cc1ccccc1. The van der Waals surface area contributed by atoms with Gasteiger partial charge < -0.3 is 10.1 Å². The number of hydrogen-bond donors (Lipinski definition) is 0. The molecule has 1 aromatic heterocycles. The van der Waals surface area contributed by atoms with Crippen LogP contribution in [-0.2, 0) is 6.54 Å². The Morgan fingerprint density at radius 3 is 2.53 bits per heavy atom. The molecule has 15 heavy (non-hydrogen) atoms. The van der Waals surface area contributed by atoms with Crippen molar-refractivity contribution in [2.24, 2.45) is 0 Å². The molecule has 0 spiro atoms. The van der Waals surface area contributed by atoms with Crippen LogP contribution in [0.1, 0.15) is 5.56 Å². The van der Waals surface area contributed by atoms with E-state index in [9.17, 15) is 10.1 Å². The van der Waals surface area contributed by atoms with Crippen LogP contribution in [0.4, 0.5) is 5.82 Å². The Balaban J connectivity index is 2.25. The van der Waals surface area contributed by atoms with Crippen molar-refractivity contribution in [2.45, 2.75) is 6.54 Å². The van der Waals surface area contributed by atoms with Crippen LogP contribution in [-0.4, -0.2) is 9.49 Å². The predicted molar refractivity (Wildman–Crippen MR) is 56.6 cm³/mol. The molecule has 2 aromatic rings. The molecule has 2 rings (SSSR count). The van der Waals surface area contributed by atoms with Gasteiger partial charge in [-0.25, -0.2) is 4.57 Å². The molecule has 0 fully saturated rings. The molecule has 0 aliphatic heterocycles. The second kappa shape index (κ2) is 3.96. The van der Waals surface area contributed by atoms with Gasteiger partial charge in [-0.15, -0.1) is 0 Å². The maximum Gasteiger partial charge on any atom is 0.323 e. The van der Waals surface area contributed by atoms with Gasteiger partial charge in [0.25, 0.3) is 0 Å². The summed E-state index contributed by atoms with van der Waals surface area (Å²) in [6.45, 7) is 0.532. The average molecular weight is 202 g/mol. The van der Waals surface area contributed by atoms with Gasteiger partial charge in [-0.2, -0.15) is 0 Å². The van der Waals surface area contributed by atoms with E-state index in [1.165, 1.54) is 6.07 Å². The summed E-state index contributed by atoms with van der Waals surface area (Å²) in [7, 11) is 0. The Labute approximate surface area is 86.9 Å².